The summed E-state index contributed by atoms with van der Waals surface area (Å²) in [7, 11) is 1.76. The molecule has 0 atom stereocenters. The van der Waals surface area contributed by atoms with Crippen LogP contribution in [0.1, 0.15) is 48.0 Å². The third-order valence-corrected chi connectivity index (χ3v) is 5.40. The van der Waals surface area contributed by atoms with E-state index in [1.165, 1.54) is 31.4 Å². The fraction of sp³-hybridized carbons (Fsp3) is 0.435. The van der Waals surface area contributed by atoms with Gasteiger partial charge in [-0.05, 0) is 55.0 Å². The van der Waals surface area contributed by atoms with Gasteiger partial charge in [-0.3, -0.25) is 4.79 Å². The highest BCUT2D eigenvalue weighted by Gasteiger charge is 2.08. The Morgan fingerprint density at radius 2 is 1.44 bits per heavy atom. The molecule has 0 amide bonds. The third kappa shape index (κ3) is 8.63. The van der Waals surface area contributed by atoms with Crippen LogP contribution in [0.2, 0.25) is 0 Å². The maximum atomic E-state index is 12.4. The van der Waals surface area contributed by atoms with Gasteiger partial charge in [-0.15, -0.1) is 0 Å². The van der Waals surface area contributed by atoms with Crippen molar-refractivity contribution >= 4 is 17.5 Å². The standard InChI is InChI=1S/C23H30O3S/c1-25-16-7-2-3-8-18-27-19-9-17-26-22-14-12-21(13-15-22)23(24)20-10-5-4-6-11-20/h4-6,10-15H,2-3,7-9,16-19H2,1H3. The summed E-state index contributed by atoms with van der Waals surface area (Å²) in [5.74, 6) is 3.22. The molecular weight excluding hydrogens is 356 g/mol. The normalized spacial score (nSPS) is 10.7. The molecule has 0 N–H and O–H groups in total. The fourth-order valence-corrected chi connectivity index (χ4v) is 3.65. The van der Waals surface area contributed by atoms with Gasteiger partial charge >= 0.3 is 0 Å². The van der Waals surface area contributed by atoms with E-state index in [1.54, 1.807) is 7.11 Å². The third-order valence-electron chi connectivity index (χ3n) is 4.24. The van der Waals surface area contributed by atoms with Crippen molar-refractivity contribution in [3.05, 3.63) is 65.7 Å². The number of unbranched alkanes of at least 4 members (excludes halogenated alkanes) is 3. The number of methoxy groups -OCH3 is 1. The maximum Gasteiger partial charge on any atom is 0.193 e. The number of benzene rings is 2. The molecule has 0 aromatic heterocycles. The van der Waals surface area contributed by atoms with E-state index in [4.69, 9.17) is 9.47 Å². The second kappa shape index (κ2) is 13.4. The summed E-state index contributed by atoms with van der Waals surface area (Å²) in [4.78, 5) is 12.4. The molecule has 0 fully saturated rings. The number of carbonyl (C=O) groups excluding carboxylic acids is 1. The van der Waals surface area contributed by atoms with Crippen LogP contribution in [0.4, 0.5) is 0 Å². The lowest BCUT2D eigenvalue weighted by atomic mass is 10.0. The van der Waals surface area contributed by atoms with Crippen molar-refractivity contribution in [2.75, 3.05) is 31.8 Å². The first kappa shape index (κ1) is 21.5. The molecule has 0 saturated carbocycles. The summed E-state index contributed by atoms with van der Waals surface area (Å²) >= 11 is 2.00. The monoisotopic (exact) mass is 386 g/mol. The second-order valence-electron chi connectivity index (χ2n) is 6.44. The minimum Gasteiger partial charge on any atom is -0.494 e. The SMILES string of the molecule is COCCCCCCSCCCOc1ccc(C(=O)c2ccccc2)cc1. The predicted octanol–water partition coefficient (Wildman–Crippen LogP) is 5.63. The Balaban J connectivity index is 1.56. The highest BCUT2D eigenvalue weighted by atomic mass is 32.2. The summed E-state index contributed by atoms with van der Waals surface area (Å²) in [6.07, 6.45) is 6.05. The van der Waals surface area contributed by atoms with E-state index in [9.17, 15) is 4.79 Å². The lowest BCUT2D eigenvalue weighted by Gasteiger charge is -2.07. The lowest BCUT2D eigenvalue weighted by Crippen LogP contribution is -2.02. The molecule has 0 bridgehead atoms. The van der Waals surface area contributed by atoms with E-state index in [2.05, 4.69) is 0 Å². The predicted molar refractivity (Wildman–Crippen MR) is 114 cm³/mol. The van der Waals surface area contributed by atoms with Crippen molar-refractivity contribution in [3.63, 3.8) is 0 Å². The van der Waals surface area contributed by atoms with Crippen LogP contribution in [0.5, 0.6) is 5.75 Å². The van der Waals surface area contributed by atoms with E-state index < -0.39 is 0 Å². The number of hydrogen-bond donors (Lipinski definition) is 0. The lowest BCUT2D eigenvalue weighted by molar-refractivity contribution is 0.103. The molecule has 0 aliphatic rings. The van der Waals surface area contributed by atoms with Gasteiger partial charge in [0.25, 0.3) is 0 Å². The number of hydrogen-bond acceptors (Lipinski definition) is 4. The smallest absolute Gasteiger partial charge is 0.193 e. The summed E-state index contributed by atoms with van der Waals surface area (Å²) < 4.78 is 10.8. The topological polar surface area (TPSA) is 35.5 Å². The van der Waals surface area contributed by atoms with Gasteiger partial charge in [0.05, 0.1) is 6.61 Å². The van der Waals surface area contributed by atoms with Crippen molar-refractivity contribution in [2.45, 2.75) is 32.1 Å². The van der Waals surface area contributed by atoms with Crippen LogP contribution in [0.3, 0.4) is 0 Å². The average molecular weight is 387 g/mol. The molecule has 3 nitrogen and oxygen atoms in total. The van der Waals surface area contributed by atoms with E-state index in [-0.39, 0.29) is 5.78 Å². The zero-order chi connectivity index (χ0) is 19.2. The van der Waals surface area contributed by atoms with Crippen LogP contribution >= 0.6 is 11.8 Å². The number of carbonyl (C=O) groups is 1. The molecular formula is C23H30O3S. The molecule has 0 radical (unpaired) electrons. The Labute approximate surface area is 167 Å². The van der Waals surface area contributed by atoms with Crippen molar-refractivity contribution in [2.24, 2.45) is 0 Å². The molecule has 2 aromatic rings. The average Bonchev–Trinajstić information content (AvgIpc) is 2.72. The minimum atomic E-state index is 0.0424. The Morgan fingerprint density at radius 1 is 0.778 bits per heavy atom. The number of thioether (sulfide) groups is 1. The molecule has 2 aromatic carbocycles. The molecule has 0 unspecified atom stereocenters. The van der Waals surface area contributed by atoms with Crippen molar-refractivity contribution in [1.82, 2.24) is 0 Å². The van der Waals surface area contributed by atoms with Gasteiger partial charge in [0.2, 0.25) is 0 Å². The van der Waals surface area contributed by atoms with Gasteiger partial charge in [0.15, 0.2) is 5.78 Å². The quantitative estimate of drug-likeness (QED) is 0.311. The van der Waals surface area contributed by atoms with Gasteiger partial charge in [-0.1, -0.05) is 43.2 Å². The van der Waals surface area contributed by atoms with Gasteiger partial charge in [-0.25, -0.2) is 0 Å². The van der Waals surface area contributed by atoms with Crippen LogP contribution in [-0.2, 0) is 4.74 Å². The molecule has 0 aliphatic carbocycles. The molecule has 0 spiro atoms. The second-order valence-corrected chi connectivity index (χ2v) is 7.67. The minimum absolute atomic E-state index is 0.0424. The summed E-state index contributed by atoms with van der Waals surface area (Å²) in [6, 6.07) is 16.8. The fourth-order valence-electron chi connectivity index (χ4n) is 2.72. The summed E-state index contributed by atoms with van der Waals surface area (Å²) in [5, 5.41) is 0. The first-order chi connectivity index (χ1) is 13.3. The highest BCUT2D eigenvalue weighted by molar-refractivity contribution is 7.99. The number of ether oxygens (including phenoxy) is 2. The zero-order valence-corrected chi connectivity index (χ0v) is 17.0. The Bertz CT molecular complexity index is 640. The number of ketones is 1. The molecule has 0 heterocycles. The largest absolute Gasteiger partial charge is 0.494 e. The van der Waals surface area contributed by atoms with E-state index in [0.717, 1.165) is 24.5 Å². The molecule has 146 valence electrons. The first-order valence-electron chi connectivity index (χ1n) is 9.70. The van der Waals surface area contributed by atoms with Crippen molar-refractivity contribution < 1.29 is 14.3 Å². The van der Waals surface area contributed by atoms with Crippen molar-refractivity contribution in [1.29, 1.82) is 0 Å². The van der Waals surface area contributed by atoms with E-state index >= 15 is 0 Å². The maximum absolute atomic E-state index is 12.4. The number of rotatable bonds is 14. The molecule has 0 saturated heterocycles. The van der Waals surface area contributed by atoms with Crippen LogP contribution in [0, 0.1) is 0 Å². The Hall–Kier alpha value is -1.78. The van der Waals surface area contributed by atoms with E-state index in [0.29, 0.717) is 17.7 Å². The van der Waals surface area contributed by atoms with Gasteiger partial charge < -0.3 is 9.47 Å². The van der Waals surface area contributed by atoms with Crippen LogP contribution in [0.25, 0.3) is 0 Å². The molecule has 4 heteroatoms. The first-order valence-corrected chi connectivity index (χ1v) is 10.9. The van der Waals surface area contributed by atoms with Gasteiger partial charge in [0, 0.05) is 24.8 Å². The summed E-state index contributed by atoms with van der Waals surface area (Å²) in [6.45, 7) is 1.60. The van der Waals surface area contributed by atoms with Gasteiger partial charge in [0.1, 0.15) is 5.75 Å². The molecule has 0 aliphatic heterocycles. The van der Waals surface area contributed by atoms with Gasteiger partial charge in [-0.2, -0.15) is 11.8 Å². The molecule has 27 heavy (non-hydrogen) atoms. The zero-order valence-electron chi connectivity index (χ0n) is 16.2. The Morgan fingerprint density at radius 3 is 2.19 bits per heavy atom. The van der Waals surface area contributed by atoms with Crippen LogP contribution in [0.15, 0.2) is 54.6 Å². The molecule has 2 rings (SSSR count). The van der Waals surface area contributed by atoms with E-state index in [1.807, 2.05) is 66.4 Å². The summed E-state index contributed by atoms with van der Waals surface area (Å²) in [5.41, 5.74) is 1.40. The van der Waals surface area contributed by atoms with Crippen LogP contribution in [-0.4, -0.2) is 37.6 Å². The Kier molecular flexibility index (Phi) is 10.7. The highest BCUT2D eigenvalue weighted by Crippen LogP contribution is 2.16. The van der Waals surface area contributed by atoms with Crippen molar-refractivity contribution in [3.8, 4) is 5.75 Å². The van der Waals surface area contributed by atoms with Crippen LogP contribution < -0.4 is 4.74 Å².